The Morgan fingerprint density at radius 1 is 1.15 bits per heavy atom. The summed E-state index contributed by atoms with van der Waals surface area (Å²) in [6, 6.07) is 8.07. The molecule has 142 valence electrons. The molecule has 0 saturated carbocycles. The smallest absolute Gasteiger partial charge is 0.173 e. The molecule has 27 heavy (non-hydrogen) atoms. The van der Waals surface area contributed by atoms with Crippen LogP contribution in [0.3, 0.4) is 0 Å². The molecule has 0 saturated heterocycles. The first-order chi connectivity index (χ1) is 12.9. The summed E-state index contributed by atoms with van der Waals surface area (Å²) in [6.45, 7) is 15.9. The third kappa shape index (κ3) is 3.92. The minimum absolute atomic E-state index is 0.0887. The van der Waals surface area contributed by atoms with E-state index in [1.165, 1.54) is 11.1 Å². The fraction of sp³-hybridized carbons (Fsp3) is 0.381. The molecule has 1 aromatic heterocycles. The second-order valence-electron chi connectivity index (χ2n) is 7.76. The molecule has 1 atom stereocenters. The van der Waals surface area contributed by atoms with E-state index >= 15 is 0 Å². The molecule has 1 aromatic carbocycles. The van der Waals surface area contributed by atoms with Crippen LogP contribution in [0.1, 0.15) is 44.6 Å². The van der Waals surface area contributed by atoms with Crippen molar-refractivity contribution in [1.29, 1.82) is 0 Å². The lowest BCUT2D eigenvalue weighted by molar-refractivity contribution is 0.210. The number of hydrogen-bond donors (Lipinski definition) is 1. The van der Waals surface area contributed by atoms with Gasteiger partial charge in [0.1, 0.15) is 0 Å². The van der Waals surface area contributed by atoms with Gasteiger partial charge in [-0.1, -0.05) is 43.5 Å². The number of aromatic nitrogens is 4. The summed E-state index contributed by atoms with van der Waals surface area (Å²) in [4.78, 5) is 3.33. The van der Waals surface area contributed by atoms with Crippen LogP contribution < -0.4 is 0 Å². The maximum atomic E-state index is 4.72. The topological polar surface area (TPSA) is 46.8 Å². The van der Waals surface area contributed by atoms with Crippen molar-refractivity contribution in [1.82, 2.24) is 25.1 Å². The molecule has 0 aliphatic carbocycles. The highest BCUT2D eigenvalue weighted by Crippen LogP contribution is 2.36. The van der Waals surface area contributed by atoms with Gasteiger partial charge in [0.2, 0.25) is 0 Å². The van der Waals surface area contributed by atoms with Crippen molar-refractivity contribution in [3.8, 4) is 0 Å². The molecule has 0 amide bonds. The quantitative estimate of drug-likeness (QED) is 0.789. The highest BCUT2D eigenvalue weighted by molar-refractivity contribution is 7.80. The molecule has 5 nitrogen and oxygen atoms in total. The molecule has 6 heteroatoms. The molecule has 0 fully saturated rings. The molecule has 1 aliphatic heterocycles. The second kappa shape index (κ2) is 7.82. The largest absolute Gasteiger partial charge is 0.285 e. The van der Waals surface area contributed by atoms with E-state index in [1.807, 2.05) is 35.0 Å². The molecule has 1 unspecified atom stereocenters. The summed E-state index contributed by atoms with van der Waals surface area (Å²) < 4.78 is 1.91. The highest BCUT2D eigenvalue weighted by Gasteiger charge is 2.33. The van der Waals surface area contributed by atoms with Gasteiger partial charge >= 0.3 is 0 Å². The summed E-state index contributed by atoms with van der Waals surface area (Å²) in [6.07, 6.45) is 4.79. The lowest BCUT2D eigenvalue weighted by atomic mass is 9.95. The number of nitrogens with zero attached hydrogens (tertiary/aromatic N) is 5. The van der Waals surface area contributed by atoms with E-state index in [0.717, 1.165) is 35.8 Å². The minimum atomic E-state index is -0.220. The van der Waals surface area contributed by atoms with Gasteiger partial charge < -0.3 is 0 Å². The molecule has 0 N–H and O–H groups in total. The van der Waals surface area contributed by atoms with Crippen molar-refractivity contribution >= 4 is 12.6 Å². The van der Waals surface area contributed by atoms with E-state index in [-0.39, 0.29) is 11.6 Å². The third-order valence-electron chi connectivity index (χ3n) is 4.92. The van der Waals surface area contributed by atoms with Gasteiger partial charge in [0.15, 0.2) is 5.82 Å². The van der Waals surface area contributed by atoms with E-state index in [0.29, 0.717) is 0 Å². The lowest BCUT2D eigenvalue weighted by Gasteiger charge is -2.36. The SMILES string of the molecule is C=CC1=C(C=C)CN(C(c2ccccc2S)c2nnnn2C(C)(C)C)CC1. The predicted molar refractivity (Wildman–Crippen MR) is 112 cm³/mol. The van der Waals surface area contributed by atoms with Gasteiger partial charge in [-0.15, -0.1) is 17.7 Å². The summed E-state index contributed by atoms with van der Waals surface area (Å²) >= 11 is 4.72. The standard InChI is InChI=1S/C21H27N5S/c1-6-15-12-13-25(14-16(15)7-2)19(17-10-8-9-11-18(17)27)20-22-23-24-26(20)21(3,4)5/h6-11,19,27H,1-2,12-14H2,3-5H3. The molecule has 3 rings (SSSR count). The monoisotopic (exact) mass is 381 g/mol. The van der Waals surface area contributed by atoms with Gasteiger partial charge in [-0.2, -0.15) is 0 Å². The molecule has 1 aliphatic rings. The zero-order chi connectivity index (χ0) is 19.6. The van der Waals surface area contributed by atoms with E-state index in [4.69, 9.17) is 12.6 Å². The molecule has 0 bridgehead atoms. The Hall–Kier alpha value is -2.18. The molecule has 0 radical (unpaired) electrons. The Morgan fingerprint density at radius 3 is 2.48 bits per heavy atom. The average Bonchev–Trinajstić information content (AvgIpc) is 3.13. The fourth-order valence-corrected chi connectivity index (χ4v) is 3.82. The van der Waals surface area contributed by atoms with Crippen LogP contribution in [0.25, 0.3) is 0 Å². The summed E-state index contributed by atoms with van der Waals surface area (Å²) in [5.74, 6) is 0.828. The second-order valence-corrected chi connectivity index (χ2v) is 8.24. The summed E-state index contributed by atoms with van der Waals surface area (Å²) in [5.41, 5.74) is 3.34. The van der Waals surface area contributed by atoms with Crippen LogP contribution in [0.2, 0.25) is 0 Å². The normalized spacial score (nSPS) is 17.0. The maximum Gasteiger partial charge on any atom is 0.173 e. The van der Waals surface area contributed by atoms with Crippen LogP contribution in [0.4, 0.5) is 0 Å². The van der Waals surface area contributed by atoms with Crippen LogP contribution in [-0.4, -0.2) is 38.2 Å². The first-order valence-electron chi connectivity index (χ1n) is 9.14. The van der Waals surface area contributed by atoms with E-state index in [9.17, 15) is 0 Å². The van der Waals surface area contributed by atoms with Crippen LogP contribution in [-0.2, 0) is 5.54 Å². The first-order valence-corrected chi connectivity index (χ1v) is 9.59. The van der Waals surface area contributed by atoms with Crippen molar-refractivity contribution in [2.75, 3.05) is 13.1 Å². The van der Waals surface area contributed by atoms with Crippen LogP contribution in [0, 0.1) is 0 Å². The van der Waals surface area contributed by atoms with Gasteiger partial charge in [0.05, 0.1) is 11.6 Å². The van der Waals surface area contributed by atoms with Gasteiger partial charge in [-0.05, 0) is 60.4 Å². The maximum absolute atomic E-state index is 4.72. The summed E-state index contributed by atoms with van der Waals surface area (Å²) in [5, 5.41) is 12.7. The van der Waals surface area contributed by atoms with Crippen molar-refractivity contribution in [3.63, 3.8) is 0 Å². The van der Waals surface area contributed by atoms with Crippen molar-refractivity contribution < 1.29 is 0 Å². The van der Waals surface area contributed by atoms with Gasteiger partial charge in [-0.25, -0.2) is 4.68 Å². The fourth-order valence-electron chi connectivity index (χ4n) is 3.53. The highest BCUT2D eigenvalue weighted by atomic mass is 32.1. The Morgan fingerprint density at radius 2 is 1.85 bits per heavy atom. The molecular formula is C21H27N5S. The van der Waals surface area contributed by atoms with Gasteiger partial charge in [0.25, 0.3) is 0 Å². The zero-order valence-electron chi connectivity index (χ0n) is 16.3. The van der Waals surface area contributed by atoms with Crippen LogP contribution >= 0.6 is 12.6 Å². The number of benzene rings is 1. The first kappa shape index (κ1) is 19.6. The van der Waals surface area contributed by atoms with Crippen molar-refractivity contribution in [3.05, 3.63) is 72.1 Å². The lowest BCUT2D eigenvalue weighted by Crippen LogP contribution is -2.39. The van der Waals surface area contributed by atoms with Gasteiger partial charge in [-0.3, -0.25) is 4.90 Å². The van der Waals surface area contributed by atoms with Crippen molar-refractivity contribution in [2.45, 2.75) is 43.7 Å². The van der Waals surface area contributed by atoms with E-state index in [2.05, 4.69) is 60.4 Å². The molecular weight excluding hydrogens is 354 g/mol. The Balaban J connectivity index is 2.12. The Kier molecular flexibility index (Phi) is 5.67. The Labute approximate surface area is 166 Å². The summed E-state index contributed by atoms with van der Waals surface area (Å²) in [7, 11) is 0. The molecule has 0 spiro atoms. The van der Waals surface area contributed by atoms with Crippen molar-refractivity contribution in [2.24, 2.45) is 0 Å². The van der Waals surface area contributed by atoms with E-state index in [1.54, 1.807) is 0 Å². The number of thiol groups is 1. The van der Waals surface area contributed by atoms with E-state index < -0.39 is 0 Å². The predicted octanol–water partition coefficient (Wildman–Crippen LogP) is 4.18. The van der Waals surface area contributed by atoms with Gasteiger partial charge in [0, 0.05) is 18.0 Å². The van der Waals surface area contributed by atoms with Crippen LogP contribution in [0.15, 0.2) is 65.6 Å². The molecule has 2 aromatic rings. The number of hydrogen-bond acceptors (Lipinski definition) is 5. The third-order valence-corrected chi connectivity index (χ3v) is 5.32. The number of tetrazole rings is 1. The Bertz CT molecular complexity index is 875. The average molecular weight is 382 g/mol. The molecule has 2 heterocycles. The minimum Gasteiger partial charge on any atom is -0.285 e. The number of rotatable bonds is 5. The number of allylic oxidation sites excluding steroid dienone is 1. The zero-order valence-corrected chi connectivity index (χ0v) is 17.2. The van der Waals surface area contributed by atoms with Crippen LogP contribution in [0.5, 0.6) is 0 Å².